The molecule has 2 atom stereocenters. The quantitative estimate of drug-likeness (QED) is 0.888. The second-order valence-electron chi connectivity index (χ2n) is 7.27. The fourth-order valence-corrected chi connectivity index (χ4v) is 4.03. The molecule has 2 fully saturated rings. The number of H-pyrrole nitrogens is 1. The number of piperidine rings is 1. The monoisotopic (exact) mass is 329 g/mol. The topological polar surface area (TPSA) is 84.8 Å². The van der Waals surface area contributed by atoms with E-state index in [4.69, 9.17) is 0 Å². The van der Waals surface area contributed by atoms with Gasteiger partial charge in [0.2, 0.25) is 5.91 Å². The number of rotatable bonds is 4. The van der Waals surface area contributed by atoms with Gasteiger partial charge in [0, 0.05) is 24.4 Å². The third-order valence-corrected chi connectivity index (χ3v) is 5.63. The van der Waals surface area contributed by atoms with E-state index in [1.807, 2.05) is 13.0 Å². The molecule has 24 heavy (non-hydrogen) atoms. The third kappa shape index (κ3) is 3.62. The third-order valence-electron chi connectivity index (χ3n) is 5.63. The zero-order valence-electron chi connectivity index (χ0n) is 14.4. The molecule has 2 heterocycles. The minimum absolute atomic E-state index is 0.0105. The van der Waals surface area contributed by atoms with E-state index in [-0.39, 0.29) is 11.9 Å². The molecule has 1 aromatic rings. The van der Waals surface area contributed by atoms with E-state index in [1.165, 1.54) is 0 Å². The second-order valence-corrected chi connectivity index (χ2v) is 7.27. The van der Waals surface area contributed by atoms with Crippen LogP contribution in [0.4, 0.5) is 0 Å². The fourth-order valence-electron chi connectivity index (χ4n) is 4.03. The van der Waals surface area contributed by atoms with E-state index in [2.05, 4.69) is 26.5 Å². The number of hydrogen-bond acceptors (Lipinski definition) is 4. The summed E-state index contributed by atoms with van der Waals surface area (Å²) in [6, 6.07) is 4.19. The number of amides is 1. The van der Waals surface area contributed by atoms with Gasteiger partial charge in [-0.1, -0.05) is 19.3 Å². The van der Waals surface area contributed by atoms with E-state index >= 15 is 0 Å². The van der Waals surface area contributed by atoms with Crippen LogP contribution >= 0.6 is 0 Å². The molecular weight excluding hydrogens is 302 g/mol. The molecule has 0 radical (unpaired) electrons. The van der Waals surface area contributed by atoms with Gasteiger partial charge in [0.25, 0.3) is 0 Å². The summed E-state index contributed by atoms with van der Waals surface area (Å²) in [4.78, 5) is 15.0. The number of nitrogens with zero attached hydrogens (tertiary/aromatic N) is 3. The molecule has 1 aliphatic carbocycles. The molecule has 1 amide bonds. The van der Waals surface area contributed by atoms with Crippen molar-refractivity contribution in [1.29, 1.82) is 5.26 Å². The summed E-state index contributed by atoms with van der Waals surface area (Å²) in [5, 5.41) is 19.7. The largest absolute Gasteiger partial charge is 0.336 e. The van der Waals surface area contributed by atoms with Gasteiger partial charge in [-0.05, 0) is 45.2 Å². The summed E-state index contributed by atoms with van der Waals surface area (Å²) >= 11 is 0. The van der Waals surface area contributed by atoms with Crippen molar-refractivity contribution in [2.45, 2.75) is 69.4 Å². The summed E-state index contributed by atoms with van der Waals surface area (Å²) in [6.45, 7) is 3.74. The Hall–Kier alpha value is -1.87. The first kappa shape index (κ1) is 17.0. The predicted molar refractivity (Wildman–Crippen MR) is 91.2 cm³/mol. The van der Waals surface area contributed by atoms with Crippen molar-refractivity contribution in [1.82, 2.24) is 20.4 Å². The van der Waals surface area contributed by atoms with E-state index in [9.17, 15) is 10.1 Å². The van der Waals surface area contributed by atoms with Gasteiger partial charge in [-0.25, -0.2) is 0 Å². The average molecular weight is 329 g/mol. The number of hydrogen-bond donors (Lipinski definition) is 2. The number of nitrogens with one attached hydrogen (secondary N) is 2. The lowest BCUT2D eigenvalue weighted by Crippen LogP contribution is -2.56. The Balaban J connectivity index is 1.61. The van der Waals surface area contributed by atoms with E-state index in [1.54, 1.807) is 6.20 Å². The Morgan fingerprint density at radius 2 is 2.25 bits per heavy atom. The molecule has 3 rings (SSSR count). The van der Waals surface area contributed by atoms with Crippen LogP contribution < -0.4 is 5.32 Å². The van der Waals surface area contributed by atoms with Crippen molar-refractivity contribution in [3.8, 4) is 6.07 Å². The normalized spacial score (nSPS) is 25.6. The van der Waals surface area contributed by atoms with E-state index in [0.29, 0.717) is 5.92 Å². The molecule has 130 valence electrons. The van der Waals surface area contributed by atoms with Crippen molar-refractivity contribution < 1.29 is 4.79 Å². The molecule has 0 aromatic carbocycles. The average Bonchev–Trinajstić information content (AvgIpc) is 3.16. The fraction of sp³-hybridized carbons (Fsp3) is 0.722. The highest BCUT2D eigenvalue weighted by atomic mass is 16.2. The minimum Gasteiger partial charge on any atom is -0.336 e. The summed E-state index contributed by atoms with van der Waals surface area (Å²) < 4.78 is 0. The summed E-state index contributed by atoms with van der Waals surface area (Å²) in [6.07, 6.45) is 8.73. The first-order valence-electron chi connectivity index (χ1n) is 9.10. The molecule has 2 aliphatic rings. The Labute approximate surface area is 143 Å². The van der Waals surface area contributed by atoms with Crippen LogP contribution in [0.2, 0.25) is 0 Å². The van der Waals surface area contributed by atoms with E-state index < -0.39 is 5.54 Å². The van der Waals surface area contributed by atoms with Crippen LogP contribution in [0.25, 0.3) is 0 Å². The van der Waals surface area contributed by atoms with Crippen LogP contribution in [-0.2, 0) is 4.79 Å². The van der Waals surface area contributed by atoms with Gasteiger partial charge in [0.15, 0.2) is 0 Å². The number of likely N-dealkylation sites (tertiary alicyclic amines) is 1. The molecule has 1 aromatic heterocycles. The van der Waals surface area contributed by atoms with Gasteiger partial charge < -0.3 is 5.32 Å². The second kappa shape index (κ2) is 7.35. The van der Waals surface area contributed by atoms with Crippen LogP contribution in [0, 0.1) is 11.3 Å². The molecule has 1 aliphatic heterocycles. The lowest BCUT2D eigenvalue weighted by Gasteiger charge is -2.38. The van der Waals surface area contributed by atoms with Gasteiger partial charge >= 0.3 is 0 Å². The van der Waals surface area contributed by atoms with E-state index in [0.717, 1.165) is 63.7 Å². The van der Waals surface area contributed by atoms with Crippen LogP contribution in [0.3, 0.4) is 0 Å². The maximum absolute atomic E-state index is 12.7. The first-order valence-corrected chi connectivity index (χ1v) is 9.10. The Morgan fingerprint density at radius 3 is 2.92 bits per heavy atom. The smallest absolute Gasteiger partial charge is 0.238 e. The standard InChI is InChI=1S/C18H27N5O/c1-14(17(24)21-18(13-19)8-3-2-4-9-18)23-11-5-6-15(12-23)16-7-10-20-22-16/h7,10,14-15H,2-6,8-9,11-12H2,1H3,(H,20,22)(H,21,24)/t14-,15-/m1/s1. The number of aromatic nitrogens is 2. The first-order chi connectivity index (χ1) is 11.6. The number of aromatic amines is 1. The summed E-state index contributed by atoms with van der Waals surface area (Å²) in [7, 11) is 0. The van der Waals surface area contributed by atoms with Crippen LogP contribution in [0.5, 0.6) is 0 Å². The van der Waals surface area contributed by atoms with Crippen molar-refractivity contribution >= 4 is 5.91 Å². The zero-order chi connectivity index (χ0) is 17.0. The molecular formula is C18H27N5O. The van der Waals surface area contributed by atoms with Gasteiger partial charge in [-0.15, -0.1) is 0 Å². The minimum atomic E-state index is -0.651. The van der Waals surface area contributed by atoms with Crippen molar-refractivity contribution in [3.05, 3.63) is 18.0 Å². The van der Waals surface area contributed by atoms with Crippen LogP contribution in [-0.4, -0.2) is 45.7 Å². The number of carbonyl (C=O) groups is 1. The highest BCUT2D eigenvalue weighted by Crippen LogP contribution is 2.29. The summed E-state index contributed by atoms with van der Waals surface area (Å²) in [5.41, 5.74) is 0.496. The Kier molecular flexibility index (Phi) is 5.20. The Morgan fingerprint density at radius 1 is 1.46 bits per heavy atom. The lowest BCUT2D eigenvalue weighted by molar-refractivity contribution is -0.128. The van der Waals surface area contributed by atoms with Crippen LogP contribution in [0.15, 0.2) is 12.3 Å². The van der Waals surface area contributed by atoms with Gasteiger partial charge in [-0.3, -0.25) is 14.8 Å². The maximum Gasteiger partial charge on any atom is 0.238 e. The number of nitriles is 1. The number of carbonyl (C=O) groups excluding carboxylic acids is 1. The van der Waals surface area contributed by atoms with Crippen molar-refractivity contribution in [2.75, 3.05) is 13.1 Å². The lowest BCUT2D eigenvalue weighted by atomic mass is 9.82. The van der Waals surface area contributed by atoms with Gasteiger partial charge in [0.05, 0.1) is 12.1 Å². The molecule has 1 saturated heterocycles. The van der Waals surface area contributed by atoms with Gasteiger partial charge in [0.1, 0.15) is 5.54 Å². The highest BCUT2D eigenvalue weighted by molar-refractivity contribution is 5.82. The molecule has 2 N–H and O–H groups in total. The molecule has 0 unspecified atom stereocenters. The molecule has 1 saturated carbocycles. The Bertz CT molecular complexity index is 585. The SMILES string of the molecule is C[C@H](C(=O)NC1(C#N)CCCCC1)N1CCC[C@@H](c2ccn[nH]2)C1. The highest BCUT2D eigenvalue weighted by Gasteiger charge is 2.36. The zero-order valence-corrected chi connectivity index (χ0v) is 14.4. The molecule has 0 spiro atoms. The molecule has 6 heteroatoms. The molecule has 6 nitrogen and oxygen atoms in total. The van der Waals surface area contributed by atoms with Crippen molar-refractivity contribution in [3.63, 3.8) is 0 Å². The maximum atomic E-state index is 12.7. The van der Waals surface area contributed by atoms with Crippen molar-refractivity contribution in [2.24, 2.45) is 0 Å². The molecule has 0 bridgehead atoms. The predicted octanol–water partition coefficient (Wildman–Crippen LogP) is 2.32. The summed E-state index contributed by atoms with van der Waals surface area (Å²) in [5.74, 6) is 0.389. The van der Waals surface area contributed by atoms with Gasteiger partial charge in [-0.2, -0.15) is 10.4 Å². The van der Waals surface area contributed by atoms with Crippen LogP contribution in [0.1, 0.15) is 63.5 Å².